The van der Waals surface area contributed by atoms with Crippen molar-refractivity contribution in [2.45, 2.75) is 64.4 Å². The summed E-state index contributed by atoms with van der Waals surface area (Å²) in [7, 11) is 0. The molecule has 0 radical (unpaired) electrons. The van der Waals surface area contributed by atoms with Crippen LogP contribution >= 0.6 is 0 Å². The molecule has 0 saturated heterocycles. The largest absolute Gasteiger partial charge is 0.388 e. The van der Waals surface area contributed by atoms with E-state index in [1.54, 1.807) is 0 Å². The minimum absolute atomic E-state index is 0.576. The van der Waals surface area contributed by atoms with Gasteiger partial charge in [0.25, 0.3) is 0 Å². The predicted molar refractivity (Wildman–Crippen MR) is 85.7 cm³/mol. The summed E-state index contributed by atoms with van der Waals surface area (Å²) in [5.41, 5.74) is -0.386. The quantitative estimate of drug-likeness (QED) is 0.866. The van der Waals surface area contributed by atoms with E-state index in [0.29, 0.717) is 18.8 Å². The zero-order valence-electron chi connectivity index (χ0n) is 13.3. The molecule has 0 aliphatic heterocycles. The average molecular weight is 285 g/mol. The van der Waals surface area contributed by atoms with E-state index in [9.17, 15) is 10.4 Å². The Morgan fingerprint density at radius 1 is 1.33 bits per heavy atom. The maximum atomic E-state index is 11.3. The molecule has 0 bridgehead atoms. The Morgan fingerprint density at radius 2 is 2.05 bits per heavy atom. The van der Waals surface area contributed by atoms with Crippen LogP contribution in [-0.4, -0.2) is 10.7 Å². The molecule has 2 rings (SSSR count). The molecule has 1 aliphatic rings. The molecule has 114 valence electrons. The molecule has 2 heteroatoms. The Hall–Kier alpha value is -1.33. The van der Waals surface area contributed by atoms with E-state index in [1.807, 2.05) is 37.3 Å². The predicted octanol–water partition coefficient (Wildman–Crippen LogP) is 4.48. The van der Waals surface area contributed by atoms with Gasteiger partial charge in [0, 0.05) is 6.42 Å². The van der Waals surface area contributed by atoms with Gasteiger partial charge in [0.1, 0.15) is 0 Å². The number of hydrogen-bond donors (Lipinski definition) is 1. The van der Waals surface area contributed by atoms with Crippen LogP contribution in [0.5, 0.6) is 0 Å². The molecule has 1 N–H and O–H groups in total. The van der Waals surface area contributed by atoms with Crippen molar-refractivity contribution in [3.63, 3.8) is 0 Å². The van der Waals surface area contributed by atoms with Gasteiger partial charge in [0.2, 0.25) is 0 Å². The van der Waals surface area contributed by atoms with Crippen LogP contribution in [0.4, 0.5) is 0 Å². The van der Waals surface area contributed by atoms with Gasteiger partial charge < -0.3 is 5.11 Å². The van der Waals surface area contributed by atoms with Crippen molar-refractivity contribution in [3.05, 3.63) is 35.9 Å². The van der Waals surface area contributed by atoms with Crippen LogP contribution in [0.25, 0.3) is 0 Å². The van der Waals surface area contributed by atoms with E-state index in [-0.39, 0.29) is 0 Å². The van der Waals surface area contributed by atoms with Crippen LogP contribution in [0.1, 0.15) is 57.9 Å². The van der Waals surface area contributed by atoms with Crippen molar-refractivity contribution in [3.8, 4) is 6.07 Å². The fourth-order valence-electron chi connectivity index (χ4n) is 3.93. The zero-order chi connectivity index (χ0) is 15.3. The van der Waals surface area contributed by atoms with Crippen LogP contribution in [0.15, 0.2) is 30.3 Å². The summed E-state index contributed by atoms with van der Waals surface area (Å²) >= 11 is 0. The van der Waals surface area contributed by atoms with Gasteiger partial charge in [-0.15, -0.1) is 0 Å². The minimum atomic E-state index is -0.920. The van der Waals surface area contributed by atoms with Gasteiger partial charge >= 0.3 is 0 Å². The molecule has 21 heavy (non-hydrogen) atoms. The lowest BCUT2D eigenvalue weighted by Gasteiger charge is -2.47. The first-order valence-corrected chi connectivity index (χ1v) is 8.26. The third-order valence-electron chi connectivity index (χ3n) is 5.46. The van der Waals surface area contributed by atoms with Crippen LogP contribution in [-0.2, 0) is 6.42 Å². The van der Waals surface area contributed by atoms with Crippen molar-refractivity contribution in [2.24, 2.45) is 11.3 Å². The summed E-state index contributed by atoms with van der Waals surface area (Å²) in [6.45, 7) is 4.21. The van der Waals surface area contributed by atoms with E-state index in [1.165, 1.54) is 6.42 Å². The summed E-state index contributed by atoms with van der Waals surface area (Å²) in [5, 5.41) is 21.2. The average Bonchev–Trinajstić information content (AvgIpc) is 2.55. The van der Waals surface area contributed by atoms with Crippen molar-refractivity contribution in [1.82, 2.24) is 0 Å². The molecule has 3 unspecified atom stereocenters. The molecule has 1 aromatic rings. The van der Waals surface area contributed by atoms with Gasteiger partial charge in [-0.2, -0.15) is 5.26 Å². The number of nitriles is 1. The van der Waals surface area contributed by atoms with Gasteiger partial charge in [-0.3, -0.25) is 0 Å². The van der Waals surface area contributed by atoms with Gasteiger partial charge in [0.15, 0.2) is 0 Å². The first-order valence-electron chi connectivity index (χ1n) is 8.26. The molecule has 0 amide bonds. The highest BCUT2D eigenvalue weighted by Crippen LogP contribution is 2.50. The second-order valence-electron chi connectivity index (χ2n) is 6.61. The standard InChI is InChI=1S/C19H27NO/c1-3-16-11-8-12-18(13-16,15-20)19(21,4-2)14-17-9-6-5-7-10-17/h5-7,9-10,16,21H,3-4,8,11-14H2,1-2H3. The number of hydrogen-bond acceptors (Lipinski definition) is 2. The van der Waals surface area contributed by atoms with E-state index >= 15 is 0 Å². The molecular weight excluding hydrogens is 258 g/mol. The smallest absolute Gasteiger partial charge is 0.0870 e. The highest BCUT2D eigenvalue weighted by molar-refractivity contribution is 5.22. The van der Waals surface area contributed by atoms with Gasteiger partial charge in [-0.1, -0.05) is 63.4 Å². The Labute approximate surface area is 128 Å². The zero-order valence-corrected chi connectivity index (χ0v) is 13.3. The third kappa shape index (κ3) is 3.14. The Balaban J connectivity index is 2.30. The van der Waals surface area contributed by atoms with Crippen LogP contribution in [0.2, 0.25) is 0 Å². The molecule has 0 heterocycles. The first kappa shape index (κ1) is 16.0. The van der Waals surface area contributed by atoms with Crippen molar-refractivity contribution >= 4 is 0 Å². The fraction of sp³-hybridized carbons (Fsp3) is 0.632. The van der Waals surface area contributed by atoms with Crippen LogP contribution in [0.3, 0.4) is 0 Å². The van der Waals surface area contributed by atoms with Crippen molar-refractivity contribution < 1.29 is 5.11 Å². The molecule has 2 nitrogen and oxygen atoms in total. The van der Waals surface area contributed by atoms with Crippen molar-refractivity contribution in [2.75, 3.05) is 0 Å². The number of benzene rings is 1. The fourth-order valence-corrected chi connectivity index (χ4v) is 3.93. The molecule has 1 aliphatic carbocycles. The summed E-state index contributed by atoms with van der Waals surface area (Å²) in [5.74, 6) is 0.576. The van der Waals surface area contributed by atoms with Crippen LogP contribution < -0.4 is 0 Å². The number of rotatable bonds is 5. The lowest BCUT2D eigenvalue weighted by Crippen LogP contribution is -2.51. The Morgan fingerprint density at radius 3 is 2.62 bits per heavy atom. The molecule has 1 saturated carbocycles. The Kier molecular flexibility index (Phi) is 5.06. The normalized spacial score (nSPS) is 28.6. The second-order valence-corrected chi connectivity index (χ2v) is 6.61. The third-order valence-corrected chi connectivity index (χ3v) is 5.46. The summed E-state index contributed by atoms with van der Waals surface area (Å²) in [6, 6.07) is 12.6. The maximum absolute atomic E-state index is 11.3. The second kappa shape index (κ2) is 6.62. The first-order chi connectivity index (χ1) is 10.1. The molecule has 0 spiro atoms. The monoisotopic (exact) mass is 285 g/mol. The van der Waals surface area contributed by atoms with E-state index in [0.717, 1.165) is 31.2 Å². The van der Waals surface area contributed by atoms with Gasteiger partial charge in [-0.05, 0) is 30.7 Å². The summed E-state index contributed by atoms with van der Waals surface area (Å²) in [6.07, 6.45) is 6.25. The molecule has 1 aromatic carbocycles. The molecule has 0 aromatic heterocycles. The van der Waals surface area contributed by atoms with Crippen LogP contribution in [0, 0.1) is 22.7 Å². The summed E-state index contributed by atoms with van der Waals surface area (Å²) < 4.78 is 0. The number of aliphatic hydroxyl groups is 1. The van der Waals surface area contributed by atoms with Gasteiger partial charge in [-0.25, -0.2) is 0 Å². The lowest BCUT2D eigenvalue weighted by molar-refractivity contribution is -0.0844. The van der Waals surface area contributed by atoms with Crippen molar-refractivity contribution in [1.29, 1.82) is 5.26 Å². The van der Waals surface area contributed by atoms with Gasteiger partial charge in [0.05, 0.1) is 17.1 Å². The molecule has 1 fully saturated rings. The molecule has 3 atom stereocenters. The highest BCUT2D eigenvalue weighted by Gasteiger charge is 2.51. The topological polar surface area (TPSA) is 44.0 Å². The minimum Gasteiger partial charge on any atom is -0.388 e. The van der Waals surface area contributed by atoms with E-state index in [4.69, 9.17) is 0 Å². The maximum Gasteiger partial charge on any atom is 0.0870 e. The van der Waals surface area contributed by atoms with E-state index in [2.05, 4.69) is 13.0 Å². The SMILES string of the molecule is CCC1CCCC(C#N)(C(O)(CC)Cc2ccccc2)C1. The lowest BCUT2D eigenvalue weighted by atomic mass is 9.58. The summed E-state index contributed by atoms with van der Waals surface area (Å²) in [4.78, 5) is 0. The Bertz CT molecular complexity index is 492. The number of nitrogens with zero attached hydrogens (tertiary/aromatic N) is 1. The van der Waals surface area contributed by atoms with E-state index < -0.39 is 11.0 Å². The highest BCUT2D eigenvalue weighted by atomic mass is 16.3. The molecular formula is C19H27NO.